The summed E-state index contributed by atoms with van der Waals surface area (Å²) in [5.41, 5.74) is 3.61. The molecule has 120 valence electrons. The highest BCUT2D eigenvalue weighted by atomic mass is 16.5. The molecule has 1 unspecified atom stereocenters. The third-order valence-electron chi connectivity index (χ3n) is 3.68. The van der Waals surface area contributed by atoms with E-state index in [1.165, 1.54) is 0 Å². The van der Waals surface area contributed by atoms with Crippen LogP contribution in [0.3, 0.4) is 0 Å². The van der Waals surface area contributed by atoms with Crippen LogP contribution in [0.5, 0.6) is 0 Å². The summed E-state index contributed by atoms with van der Waals surface area (Å²) in [5.74, 6) is -0.746. The molecule has 2 rings (SSSR count). The Hall–Kier alpha value is -2.62. The van der Waals surface area contributed by atoms with Crippen LogP contribution >= 0.6 is 0 Å². The zero-order valence-corrected chi connectivity index (χ0v) is 13.6. The molecular weight excluding hydrogens is 290 g/mol. The summed E-state index contributed by atoms with van der Waals surface area (Å²) in [6, 6.07) is 15.1. The first-order valence-corrected chi connectivity index (χ1v) is 7.58. The van der Waals surface area contributed by atoms with Gasteiger partial charge < -0.3 is 10.1 Å². The predicted octanol–water partition coefficient (Wildman–Crippen LogP) is 3.42. The minimum absolute atomic E-state index is 0.161. The van der Waals surface area contributed by atoms with Crippen LogP contribution in [0.15, 0.2) is 48.5 Å². The second-order valence-corrected chi connectivity index (χ2v) is 5.54. The smallest absolute Gasteiger partial charge is 0.311 e. The van der Waals surface area contributed by atoms with Gasteiger partial charge >= 0.3 is 5.97 Å². The highest BCUT2D eigenvalue weighted by Gasteiger charge is 2.19. The van der Waals surface area contributed by atoms with Crippen LogP contribution in [-0.4, -0.2) is 18.0 Å². The van der Waals surface area contributed by atoms with E-state index in [0.29, 0.717) is 0 Å². The number of rotatable bonds is 5. The van der Waals surface area contributed by atoms with Crippen LogP contribution in [-0.2, 0) is 20.7 Å². The minimum atomic E-state index is -0.842. The van der Waals surface area contributed by atoms with Crippen LogP contribution in [0.25, 0.3) is 0 Å². The summed E-state index contributed by atoms with van der Waals surface area (Å²) in [7, 11) is 0. The number of esters is 1. The first-order valence-electron chi connectivity index (χ1n) is 7.58. The summed E-state index contributed by atoms with van der Waals surface area (Å²) in [6.07, 6.45) is -0.680. The van der Waals surface area contributed by atoms with Crippen LogP contribution in [0.4, 0.5) is 5.69 Å². The number of amides is 1. The number of benzene rings is 2. The highest BCUT2D eigenvalue weighted by Crippen LogP contribution is 2.14. The molecule has 0 aliphatic heterocycles. The Labute approximate surface area is 136 Å². The maximum absolute atomic E-state index is 12.1. The van der Waals surface area contributed by atoms with Gasteiger partial charge in [0.25, 0.3) is 5.91 Å². The Balaban J connectivity index is 1.92. The van der Waals surface area contributed by atoms with Crippen molar-refractivity contribution in [3.63, 3.8) is 0 Å². The van der Waals surface area contributed by atoms with Crippen molar-refractivity contribution in [2.45, 2.75) is 33.3 Å². The van der Waals surface area contributed by atoms with E-state index in [0.717, 1.165) is 22.4 Å². The topological polar surface area (TPSA) is 55.4 Å². The fourth-order valence-electron chi connectivity index (χ4n) is 2.20. The molecule has 0 saturated heterocycles. The van der Waals surface area contributed by atoms with Crippen LogP contribution in [0.1, 0.15) is 23.6 Å². The normalized spacial score (nSPS) is 11.6. The van der Waals surface area contributed by atoms with Gasteiger partial charge in [0.1, 0.15) is 0 Å². The van der Waals surface area contributed by atoms with Crippen molar-refractivity contribution < 1.29 is 14.3 Å². The first kappa shape index (κ1) is 16.7. The second-order valence-electron chi connectivity index (χ2n) is 5.54. The molecule has 0 aliphatic carbocycles. The van der Waals surface area contributed by atoms with Gasteiger partial charge in [-0.2, -0.15) is 0 Å². The number of hydrogen-bond donors (Lipinski definition) is 1. The number of nitrogens with one attached hydrogen (secondary N) is 1. The monoisotopic (exact) mass is 311 g/mol. The third kappa shape index (κ3) is 4.68. The number of para-hydroxylation sites is 1. The largest absolute Gasteiger partial charge is 0.452 e. The lowest BCUT2D eigenvalue weighted by molar-refractivity contribution is -0.152. The Morgan fingerprint density at radius 1 is 1.00 bits per heavy atom. The molecule has 4 nitrogen and oxygen atoms in total. The average molecular weight is 311 g/mol. The number of aryl methyl sites for hydroxylation is 2. The van der Waals surface area contributed by atoms with Gasteiger partial charge in [0.05, 0.1) is 6.42 Å². The van der Waals surface area contributed by atoms with E-state index < -0.39 is 12.1 Å². The third-order valence-corrected chi connectivity index (χ3v) is 3.68. The fraction of sp³-hybridized carbons (Fsp3) is 0.263. The summed E-state index contributed by atoms with van der Waals surface area (Å²) in [6.45, 7) is 5.42. The zero-order valence-electron chi connectivity index (χ0n) is 13.6. The average Bonchev–Trinajstić information content (AvgIpc) is 2.51. The van der Waals surface area contributed by atoms with Crippen molar-refractivity contribution in [1.29, 1.82) is 0 Å². The van der Waals surface area contributed by atoms with Gasteiger partial charge in [-0.25, -0.2) is 0 Å². The molecule has 0 aromatic heterocycles. The molecule has 0 fully saturated rings. The minimum Gasteiger partial charge on any atom is -0.452 e. The van der Waals surface area contributed by atoms with Gasteiger partial charge in [-0.1, -0.05) is 42.5 Å². The predicted molar refractivity (Wildman–Crippen MR) is 90.2 cm³/mol. The van der Waals surface area contributed by atoms with Gasteiger partial charge in [-0.15, -0.1) is 0 Å². The Morgan fingerprint density at radius 2 is 1.61 bits per heavy atom. The fourth-order valence-corrected chi connectivity index (χ4v) is 2.20. The molecule has 0 bridgehead atoms. The molecule has 1 N–H and O–H groups in total. The van der Waals surface area contributed by atoms with Crippen molar-refractivity contribution in [3.8, 4) is 0 Å². The Kier molecular flexibility index (Phi) is 5.52. The summed E-state index contributed by atoms with van der Waals surface area (Å²) in [5, 5.41) is 2.77. The lowest BCUT2D eigenvalue weighted by Gasteiger charge is -2.15. The molecular formula is C19H21NO3. The molecule has 0 spiro atoms. The van der Waals surface area contributed by atoms with E-state index in [2.05, 4.69) is 5.32 Å². The molecule has 0 heterocycles. The van der Waals surface area contributed by atoms with Gasteiger partial charge in [0, 0.05) is 5.69 Å². The van der Waals surface area contributed by atoms with Gasteiger partial charge in [0.15, 0.2) is 6.10 Å². The zero-order chi connectivity index (χ0) is 16.8. The van der Waals surface area contributed by atoms with Crippen molar-refractivity contribution >= 4 is 17.6 Å². The number of ether oxygens (including phenoxy) is 1. The summed E-state index contributed by atoms with van der Waals surface area (Å²) >= 11 is 0. The molecule has 0 saturated carbocycles. The molecule has 23 heavy (non-hydrogen) atoms. The molecule has 0 aliphatic rings. The quantitative estimate of drug-likeness (QED) is 0.861. The van der Waals surface area contributed by atoms with Crippen LogP contribution in [0, 0.1) is 13.8 Å². The Bertz CT molecular complexity index is 709. The van der Waals surface area contributed by atoms with Gasteiger partial charge in [-0.3, -0.25) is 9.59 Å². The molecule has 0 radical (unpaired) electrons. The SMILES string of the molecule is Cc1ccccc1CC(=O)OC(C)C(=O)Nc1ccccc1C. The summed E-state index contributed by atoms with van der Waals surface area (Å²) in [4.78, 5) is 24.1. The van der Waals surface area contributed by atoms with Gasteiger partial charge in [0.2, 0.25) is 0 Å². The maximum atomic E-state index is 12.1. The van der Waals surface area contributed by atoms with Crippen molar-refractivity contribution in [2.75, 3.05) is 5.32 Å². The van der Waals surface area contributed by atoms with E-state index in [4.69, 9.17) is 4.74 Å². The van der Waals surface area contributed by atoms with Crippen molar-refractivity contribution in [1.82, 2.24) is 0 Å². The summed E-state index contributed by atoms with van der Waals surface area (Å²) < 4.78 is 5.23. The lowest BCUT2D eigenvalue weighted by atomic mass is 10.1. The first-order chi connectivity index (χ1) is 11.0. The number of carbonyl (C=O) groups is 2. The van der Waals surface area contributed by atoms with E-state index in [9.17, 15) is 9.59 Å². The number of anilines is 1. The number of carbonyl (C=O) groups excluding carboxylic acids is 2. The van der Waals surface area contributed by atoms with Gasteiger partial charge in [-0.05, 0) is 43.5 Å². The van der Waals surface area contributed by atoms with Crippen molar-refractivity contribution in [2.24, 2.45) is 0 Å². The molecule has 1 atom stereocenters. The standard InChI is InChI=1S/C19H21NO3/c1-13-8-4-6-10-16(13)12-18(21)23-15(3)19(22)20-17-11-7-5-9-14(17)2/h4-11,15H,12H2,1-3H3,(H,20,22). The molecule has 2 aromatic rings. The van der Waals surface area contributed by atoms with E-state index >= 15 is 0 Å². The molecule has 4 heteroatoms. The highest BCUT2D eigenvalue weighted by molar-refractivity contribution is 5.95. The van der Waals surface area contributed by atoms with E-state index in [1.807, 2.05) is 62.4 Å². The van der Waals surface area contributed by atoms with E-state index in [1.54, 1.807) is 6.92 Å². The van der Waals surface area contributed by atoms with Crippen LogP contribution in [0.2, 0.25) is 0 Å². The van der Waals surface area contributed by atoms with Crippen molar-refractivity contribution in [3.05, 3.63) is 65.2 Å². The van der Waals surface area contributed by atoms with Crippen LogP contribution < -0.4 is 5.32 Å². The van der Waals surface area contributed by atoms with E-state index in [-0.39, 0.29) is 12.3 Å². The lowest BCUT2D eigenvalue weighted by Crippen LogP contribution is -2.30. The maximum Gasteiger partial charge on any atom is 0.311 e. The Morgan fingerprint density at radius 3 is 2.26 bits per heavy atom. The second kappa shape index (κ2) is 7.58. The molecule has 2 aromatic carbocycles. The number of hydrogen-bond acceptors (Lipinski definition) is 3. The molecule has 1 amide bonds.